The molecule has 0 aromatic heterocycles. The fourth-order valence-electron chi connectivity index (χ4n) is 1.07. The molecule has 0 saturated heterocycles. The Labute approximate surface area is 104 Å². The van der Waals surface area contributed by atoms with Crippen molar-refractivity contribution < 1.29 is 13.9 Å². The maximum absolute atomic E-state index is 13.3. The number of ether oxygens (including phenoxy) is 1. The third-order valence-electron chi connectivity index (χ3n) is 1.86. The van der Waals surface area contributed by atoms with Gasteiger partial charge in [-0.3, -0.25) is 4.79 Å². The second-order valence-corrected chi connectivity index (χ2v) is 4.59. The highest BCUT2D eigenvalue weighted by atomic mass is 79.9. The molecule has 0 aliphatic rings. The molecule has 0 saturated carbocycles. The average Bonchev–Trinajstić information content (AvgIpc) is 2.26. The molecule has 0 fully saturated rings. The van der Waals surface area contributed by atoms with E-state index in [0.717, 1.165) is 0 Å². The molecule has 0 N–H and O–H groups in total. The SMILES string of the molecule is COc1ccc(C(=O)C(Br)CBr)cc1F. The molecule has 0 bridgehead atoms. The van der Waals surface area contributed by atoms with Crippen LogP contribution in [0.4, 0.5) is 4.39 Å². The predicted octanol–water partition coefficient (Wildman–Crippen LogP) is 3.18. The van der Waals surface area contributed by atoms with Crippen molar-refractivity contribution in [3.63, 3.8) is 0 Å². The summed E-state index contributed by atoms with van der Waals surface area (Å²) < 4.78 is 18.0. The van der Waals surface area contributed by atoms with Crippen molar-refractivity contribution in [3.8, 4) is 5.75 Å². The summed E-state index contributed by atoms with van der Waals surface area (Å²) in [6.07, 6.45) is 0. The van der Waals surface area contributed by atoms with Crippen molar-refractivity contribution in [2.45, 2.75) is 4.83 Å². The number of Topliss-reactive ketones (excluding diaryl/α,β-unsaturated/α-hetero) is 1. The number of hydrogen-bond donors (Lipinski definition) is 0. The molecule has 15 heavy (non-hydrogen) atoms. The normalized spacial score (nSPS) is 12.3. The van der Waals surface area contributed by atoms with Crippen molar-refractivity contribution in [3.05, 3.63) is 29.6 Å². The first-order chi connectivity index (χ1) is 7.10. The summed E-state index contributed by atoms with van der Waals surface area (Å²) in [5.41, 5.74) is 0.328. The van der Waals surface area contributed by atoms with Gasteiger partial charge >= 0.3 is 0 Å². The van der Waals surface area contributed by atoms with Crippen molar-refractivity contribution >= 4 is 37.6 Å². The van der Waals surface area contributed by atoms with Gasteiger partial charge in [-0.2, -0.15) is 0 Å². The van der Waals surface area contributed by atoms with Crippen LogP contribution in [0.2, 0.25) is 0 Å². The summed E-state index contributed by atoms with van der Waals surface area (Å²) in [6, 6.07) is 4.16. The monoisotopic (exact) mass is 338 g/mol. The van der Waals surface area contributed by atoms with Crippen LogP contribution in [-0.2, 0) is 0 Å². The van der Waals surface area contributed by atoms with Crippen molar-refractivity contribution in [2.75, 3.05) is 12.4 Å². The van der Waals surface area contributed by atoms with Crippen molar-refractivity contribution in [2.24, 2.45) is 0 Å². The van der Waals surface area contributed by atoms with Crippen molar-refractivity contribution in [1.29, 1.82) is 0 Å². The number of ketones is 1. The van der Waals surface area contributed by atoms with Crippen LogP contribution in [0.25, 0.3) is 0 Å². The van der Waals surface area contributed by atoms with Gasteiger partial charge in [-0.15, -0.1) is 0 Å². The largest absolute Gasteiger partial charge is 0.494 e. The fourth-order valence-corrected chi connectivity index (χ4v) is 1.63. The topological polar surface area (TPSA) is 26.3 Å². The maximum Gasteiger partial charge on any atom is 0.177 e. The van der Waals surface area contributed by atoms with E-state index in [0.29, 0.717) is 10.9 Å². The first-order valence-electron chi connectivity index (χ1n) is 4.18. The van der Waals surface area contributed by atoms with E-state index in [2.05, 4.69) is 31.9 Å². The Morgan fingerprint density at radius 1 is 1.60 bits per heavy atom. The molecule has 1 atom stereocenters. The van der Waals surface area contributed by atoms with Crippen LogP contribution in [-0.4, -0.2) is 23.1 Å². The van der Waals surface area contributed by atoms with Gasteiger partial charge in [0.05, 0.1) is 11.9 Å². The summed E-state index contributed by atoms with van der Waals surface area (Å²) in [5.74, 6) is -0.553. The Morgan fingerprint density at radius 2 is 2.27 bits per heavy atom. The number of halogens is 3. The summed E-state index contributed by atoms with van der Waals surface area (Å²) in [5, 5.41) is 0.486. The summed E-state index contributed by atoms with van der Waals surface area (Å²) in [7, 11) is 1.38. The van der Waals surface area contributed by atoms with E-state index in [-0.39, 0.29) is 16.4 Å². The Kier molecular flexibility index (Phi) is 4.73. The van der Waals surface area contributed by atoms with Crippen LogP contribution in [0, 0.1) is 5.82 Å². The lowest BCUT2D eigenvalue weighted by Gasteiger charge is -2.07. The molecule has 2 nitrogen and oxygen atoms in total. The third kappa shape index (κ3) is 3.01. The van der Waals surface area contributed by atoms with Crippen LogP contribution in [0.3, 0.4) is 0 Å². The van der Waals surface area contributed by atoms with Gasteiger partial charge in [0.15, 0.2) is 17.3 Å². The number of hydrogen-bond acceptors (Lipinski definition) is 2. The maximum atomic E-state index is 13.3. The van der Waals surface area contributed by atoms with Gasteiger partial charge in [-0.05, 0) is 18.2 Å². The van der Waals surface area contributed by atoms with Gasteiger partial charge in [-0.1, -0.05) is 31.9 Å². The van der Waals surface area contributed by atoms with E-state index in [9.17, 15) is 9.18 Å². The third-order valence-corrected chi connectivity index (χ3v) is 4.11. The zero-order valence-electron chi connectivity index (χ0n) is 7.97. The van der Waals surface area contributed by atoms with Gasteiger partial charge < -0.3 is 4.74 Å². The highest BCUT2D eigenvalue weighted by molar-refractivity contribution is 9.12. The summed E-state index contributed by atoms with van der Waals surface area (Å²) >= 11 is 6.36. The lowest BCUT2D eigenvalue weighted by Crippen LogP contribution is -2.15. The van der Waals surface area contributed by atoms with Crippen LogP contribution >= 0.6 is 31.9 Å². The molecule has 0 aliphatic carbocycles. The number of benzene rings is 1. The number of rotatable bonds is 4. The second-order valence-electron chi connectivity index (χ2n) is 2.84. The molecule has 0 amide bonds. The van der Waals surface area contributed by atoms with E-state index < -0.39 is 5.82 Å². The van der Waals surface area contributed by atoms with E-state index in [1.165, 1.54) is 19.2 Å². The van der Waals surface area contributed by atoms with Gasteiger partial charge in [0.1, 0.15) is 0 Å². The smallest absolute Gasteiger partial charge is 0.177 e. The minimum absolute atomic E-state index is 0.136. The van der Waals surface area contributed by atoms with Crippen LogP contribution in [0.15, 0.2) is 18.2 Å². The Balaban J connectivity index is 2.97. The number of carbonyl (C=O) groups is 1. The Morgan fingerprint density at radius 3 is 2.73 bits per heavy atom. The van der Waals surface area contributed by atoms with Gasteiger partial charge in [0.2, 0.25) is 0 Å². The minimum atomic E-state index is -0.530. The first kappa shape index (κ1) is 12.6. The Hall–Kier alpha value is -0.420. The molecule has 0 heterocycles. The zero-order valence-corrected chi connectivity index (χ0v) is 11.1. The zero-order chi connectivity index (χ0) is 11.4. The number of methoxy groups -OCH3 is 1. The quantitative estimate of drug-likeness (QED) is 0.622. The van der Waals surface area contributed by atoms with E-state index >= 15 is 0 Å². The molecule has 1 rings (SSSR count). The standard InChI is InChI=1S/C10H9Br2FO2/c1-15-9-3-2-6(4-8(9)13)10(14)7(12)5-11/h2-4,7H,5H2,1H3. The van der Waals surface area contributed by atoms with E-state index in [1.54, 1.807) is 6.07 Å². The molecule has 1 unspecified atom stereocenters. The molecule has 82 valence electrons. The summed E-state index contributed by atoms with van der Waals surface area (Å²) in [4.78, 5) is 11.3. The van der Waals surface area contributed by atoms with Crippen LogP contribution in [0.1, 0.15) is 10.4 Å². The van der Waals surface area contributed by atoms with Gasteiger partial charge in [0.25, 0.3) is 0 Å². The molecule has 1 aromatic carbocycles. The molecule has 0 aliphatic heterocycles. The lowest BCUT2D eigenvalue weighted by atomic mass is 10.1. The second kappa shape index (κ2) is 5.61. The van der Waals surface area contributed by atoms with Gasteiger partial charge in [0, 0.05) is 10.9 Å². The minimum Gasteiger partial charge on any atom is -0.494 e. The van der Waals surface area contributed by atoms with Gasteiger partial charge in [-0.25, -0.2) is 4.39 Å². The van der Waals surface area contributed by atoms with Crippen LogP contribution < -0.4 is 4.74 Å². The highest BCUT2D eigenvalue weighted by Gasteiger charge is 2.17. The van der Waals surface area contributed by atoms with E-state index in [4.69, 9.17) is 4.74 Å². The molecular weight excluding hydrogens is 331 g/mol. The fraction of sp³-hybridized carbons (Fsp3) is 0.300. The Bertz CT molecular complexity index is 368. The predicted molar refractivity (Wildman–Crippen MR) is 63.8 cm³/mol. The van der Waals surface area contributed by atoms with Crippen molar-refractivity contribution in [1.82, 2.24) is 0 Å². The molecular formula is C10H9Br2FO2. The molecule has 0 radical (unpaired) electrons. The number of alkyl halides is 2. The first-order valence-corrected chi connectivity index (χ1v) is 6.21. The summed E-state index contributed by atoms with van der Waals surface area (Å²) in [6.45, 7) is 0. The molecule has 0 spiro atoms. The lowest BCUT2D eigenvalue weighted by molar-refractivity contribution is 0.0997. The molecule has 1 aromatic rings. The number of carbonyl (C=O) groups excluding carboxylic acids is 1. The highest BCUT2D eigenvalue weighted by Crippen LogP contribution is 2.20. The van der Waals surface area contributed by atoms with E-state index in [1.807, 2.05) is 0 Å². The average molecular weight is 340 g/mol. The molecule has 5 heteroatoms. The van der Waals surface area contributed by atoms with Crippen LogP contribution in [0.5, 0.6) is 5.75 Å².